The zero-order valence-electron chi connectivity index (χ0n) is 18.2. The van der Waals surface area contributed by atoms with Gasteiger partial charge in [0.2, 0.25) is 0 Å². The van der Waals surface area contributed by atoms with Gasteiger partial charge in [-0.05, 0) is 61.8 Å². The highest BCUT2D eigenvalue weighted by molar-refractivity contribution is 9.09. The minimum atomic E-state index is 0.556. The number of alkyl halides is 1. The van der Waals surface area contributed by atoms with Crippen LogP contribution < -0.4 is 0 Å². The molecule has 1 unspecified atom stereocenters. The maximum Gasteiger partial charge on any atom is 0.0186 e. The molecule has 5 aromatic carbocycles. The molecule has 0 N–H and O–H groups in total. The quantitative estimate of drug-likeness (QED) is 0.121. The van der Waals surface area contributed by atoms with E-state index < -0.39 is 0 Å². The molecule has 0 amide bonds. The van der Waals surface area contributed by atoms with E-state index in [0.29, 0.717) is 4.83 Å². The molecule has 0 spiro atoms. The summed E-state index contributed by atoms with van der Waals surface area (Å²) < 4.78 is 0. The molecule has 156 valence electrons. The zero-order valence-corrected chi connectivity index (χ0v) is 19.8. The molecule has 0 fully saturated rings. The van der Waals surface area contributed by atoms with Crippen LogP contribution in [0.25, 0.3) is 43.4 Å². The van der Waals surface area contributed by atoms with Gasteiger partial charge in [0.1, 0.15) is 0 Å². The summed E-state index contributed by atoms with van der Waals surface area (Å²) in [6, 6.07) is 29.5. The van der Waals surface area contributed by atoms with Crippen LogP contribution in [-0.4, -0.2) is 4.83 Å². The van der Waals surface area contributed by atoms with Gasteiger partial charge < -0.3 is 0 Å². The summed E-state index contributed by atoms with van der Waals surface area (Å²) in [6.45, 7) is 2.27. The Morgan fingerprint density at radius 1 is 0.710 bits per heavy atom. The van der Waals surface area contributed by atoms with E-state index in [4.69, 9.17) is 0 Å². The molecule has 31 heavy (non-hydrogen) atoms. The zero-order chi connectivity index (χ0) is 21.2. The standard InChI is InChI=1S/C30H29Br/c1-2-3-4-5-12-26(31)20-21-8-6-11-25(19-21)27-17-15-24-14-13-22-9-7-10-23-16-18-28(27)30(24)29(22)23/h6-11,13-19,26H,2-5,12,20H2,1H3. The second kappa shape index (κ2) is 9.01. The highest BCUT2D eigenvalue weighted by atomic mass is 79.9. The Labute approximate surface area is 193 Å². The summed E-state index contributed by atoms with van der Waals surface area (Å²) in [4.78, 5) is 0.556. The van der Waals surface area contributed by atoms with E-state index in [-0.39, 0.29) is 0 Å². The monoisotopic (exact) mass is 468 g/mol. The Bertz CT molecular complexity index is 1300. The molecule has 0 aromatic heterocycles. The van der Waals surface area contributed by atoms with Gasteiger partial charge in [-0.2, -0.15) is 0 Å². The van der Waals surface area contributed by atoms with Crippen molar-refractivity contribution >= 4 is 48.2 Å². The molecule has 0 bridgehead atoms. The van der Waals surface area contributed by atoms with Crippen LogP contribution in [0.3, 0.4) is 0 Å². The SMILES string of the molecule is CCCCCCC(Br)Cc1cccc(-c2ccc3ccc4cccc5ccc2c3c45)c1. The van der Waals surface area contributed by atoms with E-state index in [1.807, 2.05) is 0 Å². The highest BCUT2D eigenvalue weighted by Gasteiger charge is 2.13. The van der Waals surface area contributed by atoms with Crippen molar-refractivity contribution in [1.29, 1.82) is 0 Å². The normalized spacial score (nSPS) is 12.8. The fourth-order valence-electron chi connectivity index (χ4n) is 5.00. The van der Waals surface area contributed by atoms with Crippen LogP contribution >= 0.6 is 15.9 Å². The van der Waals surface area contributed by atoms with E-state index in [0.717, 1.165) is 6.42 Å². The van der Waals surface area contributed by atoms with Crippen LogP contribution in [0.2, 0.25) is 0 Å². The minimum absolute atomic E-state index is 0.556. The molecule has 5 rings (SSSR count). The lowest BCUT2D eigenvalue weighted by molar-refractivity contribution is 0.619. The Balaban J connectivity index is 1.50. The van der Waals surface area contributed by atoms with Crippen LogP contribution in [0, 0.1) is 0 Å². The number of hydrogen-bond donors (Lipinski definition) is 0. The van der Waals surface area contributed by atoms with Crippen molar-refractivity contribution in [2.75, 3.05) is 0 Å². The Morgan fingerprint density at radius 2 is 1.42 bits per heavy atom. The molecule has 0 heterocycles. The van der Waals surface area contributed by atoms with Crippen LogP contribution in [-0.2, 0) is 6.42 Å². The maximum absolute atomic E-state index is 3.93. The number of halogens is 1. The lowest BCUT2D eigenvalue weighted by atomic mass is 9.89. The molecule has 0 radical (unpaired) electrons. The summed E-state index contributed by atoms with van der Waals surface area (Å²) >= 11 is 3.93. The van der Waals surface area contributed by atoms with E-state index in [9.17, 15) is 0 Å². The van der Waals surface area contributed by atoms with Crippen molar-refractivity contribution in [1.82, 2.24) is 0 Å². The summed E-state index contributed by atoms with van der Waals surface area (Å²) in [6.07, 6.45) is 7.66. The molecule has 0 aliphatic heterocycles. The molecule has 0 nitrogen and oxygen atoms in total. The van der Waals surface area contributed by atoms with E-state index in [1.54, 1.807) is 0 Å². The first-order chi connectivity index (χ1) is 15.2. The Morgan fingerprint density at radius 3 is 2.23 bits per heavy atom. The van der Waals surface area contributed by atoms with Crippen LogP contribution in [0.4, 0.5) is 0 Å². The molecular weight excluding hydrogens is 440 g/mol. The van der Waals surface area contributed by atoms with E-state index >= 15 is 0 Å². The van der Waals surface area contributed by atoms with Crippen molar-refractivity contribution < 1.29 is 0 Å². The van der Waals surface area contributed by atoms with Crippen molar-refractivity contribution in [3.8, 4) is 11.1 Å². The van der Waals surface area contributed by atoms with Gasteiger partial charge in [-0.1, -0.05) is 127 Å². The lowest BCUT2D eigenvalue weighted by Gasteiger charge is -2.15. The molecule has 5 aromatic rings. The van der Waals surface area contributed by atoms with Crippen molar-refractivity contribution in [2.45, 2.75) is 50.3 Å². The molecule has 0 saturated heterocycles. The van der Waals surface area contributed by atoms with E-state index in [2.05, 4.69) is 102 Å². The van der Waals surface area contributed by atoms with Crippen molar-refractivity contribution in [2.24, 2.45) is 0 Å². The third kappa shape index (κ3) is 4.08. The van der Waals surface area contributed by atoms with Crippen LogP contribution in [0.1, 0.15) is 44.6 Å². The smallest absolute Gasteiger partial charge is 0.0186 e. The maximum atomic E-state index is 3.93. The van der Waals surface area contributed by atoms with E-state index in [1.165, 1.54) is 81.1 Å². The number of unbranched alkanes of at least 4 members (excludes halogenated alkanes) is 3. The number of rotatable bonds is 8. The molecule has 1 heteroatoms. The summed E-state index contributed by atoms with van der Waals surface area (Å²) in [5, 5.41) is 8.12. The molecule has 0 aliphatic carbocycles. The largest absolute Gasteiger partial charge is 0.0887 e. The second-order valence-corrected chi connectivity index (χ2v) is 10.1. The first kappa shape index (κ1) is 20.5. The van der Waals surface area contributed by atoms with Crippen LogP contribution in [0.5, 0.6) is 0 Å². The number of benzene rings is 5. The minimum Gasteiger partial charge on any atom is -0.0887 e. The average Bonchev–Trinajstić information content (AvgIpc) is 2.80. The average molecular weight is 469 g/mol. The summed E-state index contributed by atoms with van der Waals surface area (Å²) in [5.74, 6) is 0. The fraction of sp³-hybridized carbons (Fsp3) is 0.267. The summed E-state index contributed by atoms with van der Waals surface area (Å²) in [5.41, 5.74) is 4.07. The molecule has 0 aliphatic rings. The van der Waals surface area contributed by atoms with Crippen LogP contribution in [0.15, 0.2) is 78.9 Å². The molecule has 0 saturated carbocycles. The first-order valence-corrected chi connectivity index (χ1v) is 12.6. The highest BCUT2D eigenvalue weighted by Crippen LogP contribution is 2.39. The topological polar surface area (TPSA) is 0 Å². The Kier molecular flexibility index (Phi) is 5.96. The van der Waals surface area contributed by atoms with Gasteiger partial charge in [0, 0.05) is 4.83 Å². The van der Waals surface area contributed by atoms with Gasteiger partial charge in [0.25, 0.3) is 0 Å². The van der Waals surface area contributed by atoms with Crippen molar-refractivity contribution in [3.63, 3.8) is 0 Å². The third-order valence-electron chi connectivity index (χ3n) is 6.59. The van der Waals surface area contributed by atoms with Gasteiger partial charge >= 0.3 is 0 Å². The third-order valence-corrected chi connectivity index (χ3v) is 7.38. The molecule has 1 atom stereocenters. The van der Waals surface area contributed by atoms with Gasteiger partial charge in [0.15, 0.2) is 0 Å². The fourth-order valence-corrected chi connectivity index (χ4v) is 5.70. The first-order valence-electron chi connectivity index (χ1n) is 11.6. The van der Waals surface area contributed by atoms with Gasteiger partial charge in [-0.15, -0.1) is 0 Å². The summed E-state index contributed by atoms with van der Waals surface area (Å²) in [7, 11) is 0. The lowest BCUT2D eigenvalue weighted by Crippen LogP contribution is -2.02. The van der Waals surface area contributed by atoms with Crippen molar-refractivity contribution in [3.05, 3.63) is 84.4 Å². The predicted octanol–water partition coefficient (Wildman–Crippen LogP) is 9.53. The van der Waals surface area contributed by atoms with Gasteiger partial charge in [-0.25, -0.2) is 0 Å². The Hall–Kier alpha value is -2.38. The number of hydrogen-bond acceptors (Lipinski definition) is 0. The predicted molar refractivity (Wildman–Crippen MR) is 141 cm³/mol. The van der Waals surface area contributed by atoms with Gasteiger partial charge in [-0.3, -0.25) is 0 Å². The second-order valence-electron chi connectivity index (χ2n) is 8.82. The van der Waals surface area contributed by atoms with Gasteiger partial charge in [0.05, 0.1) is 0 Å². The molecular formula is C30H29Br.